The average Bonchev–Trinajstić information content (AvgIpc) is 2.68. The zero-order valence-corrected chi connectivity index (χ0v) is 11.0. The number of aromatic amines is 1. The minimum atomic E-state index is -2.95. The molecule has 17 heavy (non-hydrogen) atoms. The molecule has 0 aromatic carbocycles. The standard InChI is InChI=1S/C11H18N2O3S/c1-8(2)5-9-6-11(14)13(12-9)10-3-4-17(15,16)7-10/h6,8,10,12H,3-5,7H2,1-2H3. The lowest BCUT2D eigenvalue weighted by molar-refractivity contribution is 0.478. The summed E-state index contributed by atoms with van der Waals surface area (Å²) in [7, 11) is -2.95. The lowest BCUT2D eigenvalue weighted by atomic mass is 10.1. The molecule has 1 aromatic heterocycles. The molecule has 2 rings (SSSR count). The van der Waals surface area contributed by atoms with Gasteiger partial charge in [-0.2, -0.15) is 0 Å². The van der Waals surface area contributed by atoms with Crippen molar-refractivity contribution in [1.29, 1.82) is 0 Å². The van der Waals surface area contributed by atoms with Crippen LogP contribution in [-0.2, 0) is 16.3 Å². The van der Waals surface area contributed by atoms with Gasteiger partial charge in [-0.3, -0.25) is 9.89 Å². The third-order valence-corrected chi connectivity index (χ3v) is 4.75. The summed E-state index contributed by atoms with van der Waals surface area (Å²) >= 11 is 0. The molecule has 6 heteroatoms. The molecule has 1 fully saturated rings. The van der Waals surface area contributed by atoms with Gasteiger partial charge in [0.1, 0.15) is 0 Å². The number of sulfone groups is 1. The molecule has 0 spiro atoms. The van der Waals surface area contributed by atoms with Crippen molar-refractivity contribution in [2.75, 3.05) is 11.5 Å². The van der Waals surface area contributed by atoms with E-state index < -0.39 is 9.84 Å². The highest BCUT2D eigenvalue weighted by Crippen LogP contribution is 2.21. The molecule has 1 saturated heterocycles. The molecule has 1 atom stereocenters. The predicted molar refractivity (Wildman–Crippen MR) is 65.9 cm³/mol. The Balaban J connectivity index is 2.22. The van der Waals surface area contributed by atoms with Crippen LogP contribution in [0.4, 0.5) is 0 Å². The van der Waals surface area contributed by atoms with E-state index in [0.717, 1.165) is 12.1 Å². The van der Waals surface area contributed by atoms with Crippen LogP contribution in [0.1, 0.15) is 32.0 Å². The van der Waals surface area contributed by atoms with Crippen molar-refractivity contribution in [1.82, 2.24) is 9.78 Å². The largest absolute Gasteiger partial charge is 0.299 e. The van der Waals surface area contributed by atoms with Crippen LogP contribution in [0.5, 0.6) is 0 Å². The van der Waals surface area contributed by atoms with Crippen molar-refractivity contribution in [2.45, 2.75) is 32.7 Å². The number of nitrogens with zero attached hydrogens (tertiary/aromatic N) is 1. The van der Waals surface area contributed by atoms with E-state index in [0.29, 0.717) is 12.3 Å². The SMILES string of the molecule is CC(C)Cc1cc(=O)n(C2CCS(=O)(=O)C2)[nH]1. The first-order chi connectivity index (χ1) is 7.87. The molecule has 0 saturated carbocycles. The maximum Gasteiger partial charge on any atom is 0.266 e. The number of hydrogen-bond acceptors (Lipinski definition) is 3. The first-order valence-electron chi connectivity index (χ1n) is 5.88. The summed E-state index contributed by atoms with van der Waals surface area (Å²) in [5.41, 5.74) is 0.761. The summed E-state index contributed by atoms with van der Waals surface area (Å²) in [6, 6.07) is 1.36. The maximum atomic E-state index is 11.8. The van der Waals surface area contributed by atoms with Crippen LogP contribution in [0.25, 0.3) is 0 Å². The summed E-state index contributed by atoms with van der Waals surface area (Å²) < 4.78 is 24.2. The van der Waals surface area contributed by atoms with Crippen molar-refractivity contribution in [2.24, 2.45) is 5.92 Å². The van der Waals surface area contributed by atoms with Crippen LogP contribution in [0.2, 0.25) is 0 Å². The number of H-pyrrole nitrogens is 1. The van der Waals surface area contributed by atoms with E-state index in [1.54, 1.807) is 6.07 Å². The Morgan fingerprint density at radius 2 is 2.24 bits per heavy atom. The van der Waals surface area contributed by atoms with Crippen molar-refractivity contribution in [3.05, 3.63) is 22.1 Å². The molecule has 2 heterocycles. The van der Waals surface area contributed by atoms with E-state index in [1.165, 1.54) is 4.68 Å². The molecular formula is C11H18N2O3S. The molecule has 0 bridgehead atoms. The van der Waals surface area contributed by atoms with Gasteiger partial charge in [-0.1, -0.05) is 13.8 Å². The Morgan fingerprint density at radius 3 is 2.76 bits per heavy atom. The highest BCUT2D eigenvalue weighted by molar-refractivity contribution is 7.91. The topological polar surface area (TPSA) is 71.9 Å². The third kappa shape index (κ3) is 2.80. The molecule has 0 amide bonds. The van der Waals surface area contributed by atoms with Gasteiger partial charge in [-0.05, 0) is 18.8 Å². The predicted octanol–water partition coefficient (Wildman–Crippen LogP) is 0.734. The van der Waals surface area contributed by atoms with E-state index in [-0.39, 0.29) is 23.1 Å². The quantitative estimate of drug-likeness (QED) is 0.869. The van der Waals surface area contributed by atoms with Crippen LogP contribution in [0.15, 0.2) is 10.9 Å². The van der Waals surface area contributed by atoms with E-state index in [1.807, 2.05) is 0 Å². The van der Waals surface area contributed by atoms with Crippen LogP contribution in [0, 0.1) is 5.92 Å². The Morgan fingerprint density at radius 1 is 1.53 bits per heavy atom. The molecule has 1 aromatic rings. The molecule has 0 aliphatic carbocycles. The minimum Gasteiger partial charge on any atom is -0.299 e. The number of hydrogen-bond donors (Lipinski definition) is 1. The lowest BCUT2D eigenvalue weighted by Gasteiger charge is -2.08. The van der Waals surface area contributed by atoms with Gasteiger partial charge in [0.25, 0.3) is 5.56 Å². The van der Waals surface area contributed by atoms with E-state index in [2.05, 4.69) is 18.9 Å². The van der Waals surface area contributed by atoms with Crippen molar-refractivity contribution < 1.29 is 8.42 Å². The second kappa shape index (κ2) is 4.33. The first-order valence-corrected chi connectivity index (χ1v) is 7.70. The Kier molecular flexibility index (Phi) is 3.16. The number of nitrogens with one attached hydrogen (secondary N) is 1. The summed E-state index contributed by atoms with van der Waals surface area (Å²) in [5, 5.41) is 3.03. The molecule has 0 radical (unpaired) electrons. The molecule has 96 valence electrons. The zero-order chi connectivity index (χ0) is 12.6. The normalized spacial score (nSPS) is 23.4. The highest BCUT2D eigenvalue weighted by atomic mass is 32.2. The van der Waals surface area contributed by atoms with Gasteiger partial charge in [-0.15, -0.1) is 0 Å². The monoisotopic (exact) mass is 258 g/mol. The summed E-state index contributed by atoms with van der Waals surface area (Å²) in [6.07, 6.45) is 1.34. The Bertz CT molecular complexity index is 554. The van der Waals surface area contributed by atoms with Crippen molar-refractivity contribution in [3.63, 3.8) is 0 Å². The molecule has 1 aliphatic rings. The smallest absolute Gasteiger partial charge is 0.266 e. The Labute approximate surface area is 101 Å². The van der Waals surface area contributed by atoms with Gasteiger partial charge in [0, 0.05) is 11.8 Å². The molecule has 5 nitrogen and oxygen atoms in total. The lowest BCUT2D eigenvalue weighted by Crippen LogP contribution is -2.22. The fraction of sp³-hybridized carbons (Fsp3) is 0.727. The average molecular weight is 258 g/mol. The van der Waals surface area contributed by atoms with Gasteiger partial charge in [-0.25, -0.2) is 13.1 Å². The summed E-state index contributed by atoms with van der Waals surface area (Å²) in [5.74, 6) is 0.728. The second-order valence-electron chi connectivity index (χ2n) is 5.14. The molecule has 1 unspecified atom stereocenters. The summed E-state index contributed by atoms with van der Waals surface area (Å²) in [4.78, 5) is 11.8. The molecule has 1 aliphatic heterocycles. The molecule has 1 N–H and O–H groups in total. The van der Waals surface area contributed by atoms with Gasteiger partial charge in [0.05, 0.1) is 17.5 Å². The van der Waals surface area contributed by atoms with Crippen LogP contribution < -0.4 is 5.56 Å². The first kappa shape index (κ1) is 12.4. The van der Waals surface area contributed by atoms with Gasteiger partial charge in [0.15, 0.2) is 9.84 Å². The van der Waals surface area contributed by atoms with Crippen molar-refractivity contribution in [3.8, 4) is 0 Å². The third-order valence-electron chi connectivity index (χ3n) is 3.00. The van der Waals surface area contributed by atoms with Gasteiger partial charge >= 0.3 is 0 Å². The van der Waals surface area contributed by atoms with Crippen LogP contribution in [0.3, 0.4) is 0 Å². The summed E-state index contributed by atoms with van der Waals surface area (Å²) in [6.45, 7) is 4.16. The van der Waals surface area contributed by atoms with E-state index >= 15 is 0 Å². The molecular weight excluding hydrogens is 240 g/mol. The van der Waals surface area contributed by atoms with Crippen LogP contribution in [-0.4, -0.2) is 29.7 Å². The Hall–Kier alpha value is -1.04. The fourth-order valence-electron chi connectivity index (χ4n) is 2.26. The highest BCUT2D eigenvalue weighted by Gasteiger charge is 2.30. The number of aromatic nitrogens is 2. The fourth-order valence-corrected chi connectivity index (χ4v) is 3.96. The minimum absolute atomic E-state index is 0.0779. The maximum absolute atomic E-state index is 11.8. The number of rotatable bonds is 3. The second-order valence-corrected chi connectivity index (χ2v) is 7.37. The van der Waals surface area contributed by atoms with E-state index in [9.17, 15) is 13.2 Å². The zero-order valence-electron chi connectivity index (χ0n) is 10.1. The van der Waals surface area contributed by atoms with Crippen molar-refractivity contribution >= 4 is 9.84 Å². The van der Waals surface area contributed by atoms with E-state index in [4.69, 9.17) is 0 Å². The van der Waals surface area contributed by atoms with Gasteiger partial charge in [0.2, 0.25) is 0 Å². The van der Waals surface area contributed by atoms with Crippen LogP contribution >= 0.6 is 0 Å². The van der Waals surface area contributed by atoms with Gasteiger partial charge < -0.3 is 0 Å².